The van der Waals surface area contributed by atoms with Crippen molar-refractivity contribution in [3.63, 3.8) is 0 Å². The average molecular weight is 107 g/mol. The van der Waals surface area contributed by atoms with Crippen molar-refractivity contribution < 1.29 is 0 Å². The molecule has 0 unspecified atom stereocenters. The molecule has 0 aromatic heterocycles. The van der Waals surface area contributed by atoms with E-state index in [0.717, 1.165) is 0 Å². The summed E-state index contributed by atoms with van der Waals surface area (Å²) in [6, 6.07) is 0. The van der Waals surface area contributed by atoms with Crippen molar-refractivity contribution in [3.8, 4) is 0 Å². The molecule has 1 aliphatic rings. The Morgan fingerprint density at radius 1 is 1.25 bits per heavy atom. The van der Waals surface area contributed by atoms with Crippen molar-refractivity contribution in [1.29, 1.82) is 0 Å². The van der Waals surface area contributed by atoms with Gasteiger partial charge in [0.05, 0.1) is 0 Å². The number of allylic oxidation sites excluding steroid dienone is 4. The molecular weight excluding hydrogens is 96.1 g/mol. The molecule has 0 amide bonds. The van der Waals surface area contributed by atoms with Crippen LogP contribution in [0.15, 0.2) is 24.3 Å². The first-order chi connectivity index (χ1) is 3.93. The Balaban J connectivity index is 2.27. The molecule has 0 nitrogen and oxygen atoms in total. The summed E-state index contributed by atoms with van der Waals surface area (Å²) in [7, 11) is 0. The van der Waals surface area contributed by atoms with Gasteiger partial charge in [-0.2, -0.15) is 0 Å². The number of hydrogen-bond acceptors (Lipinski definition) is 0. The van der Waals surface area contributed by atoms with E-state index in [9.17, 15) is 0 Å². The van der Waals surface area contributed by atoms with Crippen molar-refractivity contribution in [2.45, 2.75) is 19.8 Å². The lowest BCUT2D eigenvalue weighted by atomic mass is 10.1. The summed E-state index contributed by atoms with van der Waals surface area (Å²) in [6.07, 6.45) is 11.0. The molecule has 0 aromatic carbocycles. The lowest BCUT2D eigenvalue weighted by molar-refractivity contribution is 0.877. The van der Waals surface area contributed by atoms with E-state index >= 15 is 0 Å². The highest BCUT2D eigenvalue weighted by Gasteiger charge is 2.00. The summed E-state index contributed by atoms with van der Waals surface area (Å²) in [5.74, 6) is 1.47. The van der Waals surface area contributed by atoms with Gasteiger partial charge in [0, 0.05) is 5.92 Å². The number of rotatable bonds is 2. The predicted octanol–water partition coefficient (Wildman–Crippen LogP) is 2.49. The topological polar surface area (TPSA) is 0 Å². The van der Waals surface area contributed by atoms with Crippen LogP contribution in [0.2, 0.25) is 0 Å². The van der Waals surface area contributed by atoms with Crippen LogP contribution < -0.4 is 0 Å². The Morgan fingerprint density at radius 2 is 1.88 bits per heavy atom. The van der Waals surface area contributed by atoms with Gasteiger partial charge < -0.3 is 0 Å². The van der Waals surface area contributed by atoms with E-state index in [1.54, 1.807) is 0 Å². The maximum absolute atomic E-state index is 2.20. The molecule has 43 valence electrons. The van der Waals surface area contributed by atoms with Crippen LogP contribution in [0.4, 0.5) is 0 Å². The second-order valence-corrected chi connectivity index (χ2v) is 2.04. The van der Waals surface area contributed by atoms with Gasteiger partial charge in [-0.15, -0.1) is 0 Å². The standard InChI is InChI=1S/C8H11/c1-2-5-8-6-3-4-7-8/h3-4,6-7H,2,5H2,1H3. The van der Waals surface area contributed by atoms with Gasteiger partial charge in [0.2, 0.25) is 0 Å². The maximum Gasteiger partial charge on any atom is 0.0193 e. The van der Waals surface area contributed by atoms with E-state index in [-0.39, 0.29) is 0 Å². The van der Waals surface area contributed by atoms with E-state index in [0.29, 0.717) is 0 Å². The van der Waals surface area contributed by atoms with E-state index < -0.39 is 0 Å². The minimum atomic E-state index is 1.23. The van der Waals surface area contributed by atoms with Crippen LogP contribution in [0.1, 0.15) is 19.8 Å². The Kier molecular flexibility index (Phi) is 1.90. The van der Waals surface area contributed by atoms with Crippen LogP contribution in [-0.2, 0) is 0 Å². The monoisotopic (exact) mass is 107 g/mol. The summed E-state index contributed by atoms with van der Waals surface area (Å²) < 4.78 is 0. The van der Waals surface area contributed by atoms with Crippen LogP contribution in [0, 0.1) is 5.92 Å². The van der Waals surface area contributed by atoms with E-state index in [2.05, 4.69) is 31.2 Å². The molecular formula is C8H11. The van der Waals surface area contributed by atoms with Crippen molar-refractivity contribution in [2.24, 2.45) is 0 Å². The minimum Gasteiger partial charge on any atom is -0.0734 e. The quantitative estimate of drug-likeness (QED) is 0.508. The third-order valence-electron chi connectivity index (χ3n) is 1.27. The largest absolute Gasteiger partial charge is 0.0734 e. The minimum absolute atomic E-state index is 1.23. The first-order valence-corrected chi connectivity index (χ1v) is 3.14. The van der Waals surface area contributed by atoms with Crippen LogP contribution in [0.25, 0.3) is 0 Å². The zero-order valence-corrected chi connectivity index (χ0v) is 5.22. The summed E-state index contributed by atoms with van der Waals surface area (Å²) >= 11 is 0. The summed E-state index contributed by atoms with van der Waals surface area (Å²) in [4.78, 5) is 0. The molecule has 0 aromatic rings. The Labute approximate surface area is 50.9 Å². The van der Waals surface area contributed by atoms with Crippen LogP contribution in [0.5, 0.6) is 0 Å². The molecule has 1 rings (SSSR count). The average Bonchev–Trinajstić information content (AvgIpc) is 2.19. The van der Waals surface area contributed by atoms with Crippen molar-refractivity contribution >= 4 is 0 Å². The lowest BCUT2D eigenvalue weighted by Crippen LogP contribution is -1.81. The molecule has 0 spiro atoms. The van der Waals surface area contributed by atoms with E-state index in [4.69, 9.17) is 0 Å². The van der Waals surface area contributed by atoms with Gasteiger partial charge in [-0.1, -0.05) is 37.6 Å². The fraction of sp³-hybridized carbons (Fsp3) is 0.375. The second-order valence-electron chi connectivity index (χ2n) is 2.04. The third-order valence-corrected chi connectivity index (χ3v) is 1.27. The Morgan fingerprint density at radius 3 is 2.38 bits per heavy atom. The molecule has 0 saturated heterocycles. The van der Waals surface area contributed by atoms with E-state index in [1.807, 2.05) is 0 Å². The highest BCUT2D eigenvalue weighted by atomic mass is 14.0. The van der Waals surface area contributed by atoms with Gasteiger partial charge in [-0.05, 0) is 6.42 Å². The predicted molar refractivity (Wildman–Crippen MR) is 36.4 cm³/mol. The molecule has 0 atom stereocenters. The SMILES string of the molecule is CCC[C]1C=CC=C1. The zero-order valence-electron chi connectivity index (χ0n) is 5.22. The fourth-order valence-electron chi connectivity index (χ4n) is 0.869. The molecule has 0 heteroatoms. The molecule has 0 N–H and O–H groups in total. The van der Waals surface area contributed by atoms with Crippen molar-refractivity contribution in [2.75, 3.05) is 0 Å². The number of hydrogen-bond donors (Lipinski definition) is 0. The van der Waals surface area contributed by atoms with Gasteiger partial charge in [0.15, 0.2) is 0 Å². The third kappa shape index (κ3) is 1.22. The maximum atomic E-state index is 2.20. The van der Waals surface area contributed by atoms with Gasteiger partial charge in [0.25, 0.3) is 0 Å². The summed E-state index contributed by atoms with van der Waals surface area (Å²) in [5, 5.41) is 0. The Hall–Kier alpha value is -0.520. The van der Waals surface area contributed by atoms with Gasteiger partial charge in [0.1, 0.15) is 0 Å². The highest BCUT2D eigenvalue weighted by Crippen LogP contribution is 2.16. The normalized spacial score (nSPS) is 18.1. The highest BCUT2D eigenvalue weighted by molar-refractivity contribution is 5.33. The first kappa shape index (κ1) is 5.61. The van der Waals surface area contributed by atoms with Gasteiger partial charge >= 0.3 is 0 Å². The van der Waals surface area contributed by atoms with Crippen LogP contribution in [0.3, 0.4) is 0 Å². The Bertz CT molecular complexity index is 97.2. The molecule has 0 aliphatic heterocycles. The smallest absolute Gasteiger partial charge is 0.0193 e. The molecule has 1 aliphatic carbocycles. The first-order valence-electron chi connectivity index (χ1n) is 3.14. The van der Waals surface area contributed by atoms with Crippen LogP contribution in [-0.4, -0.2) is 0 Å². The fourth-order valence-corrected chi connectivity index (χ4v) is 0.869. The second kappa shape index (κ2) is 2.71. The zero-order chi connectivity index (χ0) is 5.82. The summed E-state index contributed by atoms with van der Waals surface area (Å²) in [5.41, 5.74) is 0. The molecule has 0 bridgehead atoms. The van der Waals surface area contributed by atoms with Gasteiger partial charge in [-0.25, -0.2) is 0 Å². The van der Waals surface area contributed by atoms with Crippen LogP contribution >= 0.6 is 0 Å². The summed E-state index contributed by atoms with van der Waals surface area (Å²) in [6.45, 7) is 2.20. The molecule has 8 heavy (non-hydrogen) atoms. The van der Waals surface area contributed by atoms with Gasteiger partial charge in [-0.3, -0.25) is 0 Å². The lowest BCUT2D eigenvalue weighted by Gasteiger charge is -1.97. The molecule has 0 heterocycles. The molecule has 0 saturated carbocycles. The van der Waals surface area contributed by atoms with Crippen molar-refractivity contribution in [1.82, 2.24) is 0 Å². The van der Waals surface area contributed by atoms with E-state index in [1.165, 1.54) is 18.8 Å². The molecule has 0 fully saturated rings. The van der Waals surface area contributed by atoms with Crippen molar-refractivity contribution in [3.05, 3.63) is 30.2 Å². The molecule has 1 radical (unpaired) electrons.